The molecule has 0 heterocycles. The van der Waals surface area contributed by atoms with Crippen molar-refractivity contribution >= 4 is 11.6 Å². The van der Waals surface area contributed by atoms with E-state index >= 15 is 0 Å². The van der Waals surface area contributed by atoms with Crippen LogP contribution in [0.2, 0.25) is 0 Å². The number of nitriles is 1. The van der Waals surface area contributed by atoms with Gasteiger partial charge in [0.05, 0.1) is 11.6 Å². The van der Waals surface area contributed by atoms with Crippen molar-refractivity contribution in [3.05, 3.63) is 65.0 Å². The van der Waals surface area contributed by atoms with Crippen molar-refractivity contribution < 1.29 is 9.18 Å². The van der Waals surface area contributed by atoms with E-state index in [2.05, 4.69) is 5.32 Å². The van der Waals surface area contributed by atoms with Crippen molar-refractivity contribution in [3.8, 4) is 6.07 Å². The van der Waals surface area contributed by atoms with Gasteiger partial charge in [-0.2, -0.15) is 5.26 Å². The van der Waals surface area contributed by atoms with Gasteiger partial charge < -0.3 is 5.32 Å². The molecule has 19 heavy (non-hydrogen) atoms. The maximum Gasteiger partial charge on any atom is 0.255 e. The molecule has 0 radical (unpaired) electrons. The number of nitrogens with zero attached hydrogens (tertiary/aromatic N) is 1. The summed E-state index contributed by atoms with van der Waals surface area (Å²) in [6, 6.07) is 12.4. The van der Waals surface area contributed by atoms with Crippen molar-refractivity contribution in [1.82, 2.24) is 0 Å². The molecule has 0 spiro atoms. The van der Waals surface area contributed by atoms with E-state index in [1.165, 1.54) is 12.1 Å². The number of hydrogen-bond acceptors (Lipinski definition) is 2. The average Bonchev–Trinajstić information content (AvgIpc) is 2.43. The molecule has 0 aliphatic rings. The third-order valence-electron chi connectivity index (χ3n) is 2.72. The molecule has 0 unspecified atom stereocenters. The summed E-state index contributed by atoms with van der Waals surface area (Å²) in [5.41, 5.74) is 2.12. The minimum absolute atomic E-state index is 0.335. The van der Waals surface area contributed by atoms with Gasteiger partial charge in [-0.05, 0) is 48.9 Å². The fraction of sp³-hybridized carbons (Fsp3) is 0.0667. The van der Waals surface area contributed by atoms with Crippen LogP contribution in [0, 0.1) is 24.1 Å². The number of anilines is 1. The Morgan fingerprint density at radius 3 is 2.53 bits per heavy atom. The van der Waals surface area contributed by atoms with Crippen LogP contribution in [-0.2, 0) is 0 Å². The molecule has 0 fully saturated rings. The van der Waals surface area contributed by atoms with Crippen molar-refractivity contribution in [2.75, 3.05) is 5.32 Å². The van der Waals surface area contributed by atoms with Gasteiger partial charge in [-0.1, -0.05) is 6.07 Å². The highest BCUT2D eigenvalue weighted by Crippen LogP contribution is 2.17. The lowest BCUT2D eigenvalue weighted by molar-refractivity contribution is 0.102. The van der Waals surface area contributed by atoms with Crippen LogP contribution in [0.3, 0.4) is 0 Å². The van der Waals surface area contributed by atoms with Crippen LogP contribution >= 0.6 is 0 Å². The maximum absolute atomic E-state index is 13.1. The summed E-state index contributed by atoms with van der Waals surface area (Å²) in [7, 11) is 0. The van der Waals surface area contributed by atoms with Gasteiger partial charge in [-0.3, -0.25) is 4.79 Å². The van der Waals surface area contributed by atoms with Crippen LogP contribution in [0.15, 0.2) is 42.5 Å². The monoisotopic (exact) mass is 254 g/mol. The standard InChI is InChI=1S/C15H11FN2O/c1-10-2-7-13(16)8-14(10)18-15(19)12-5-3-11(9-17)4-6-12/h2-8H,1H3,(H,18,19). The first-order valence-electron chi connectivity index (χ1n) is 5.68. The van der Waals surface area contributed by atoms with Gasteiger partial charge in [0.2, 0.25) is 0 Å². The van der Waals surface area contributed by atoms with Gasteiger partial charge in [-0.25, -0.2) is 4.39 Å². The fourth-order valence-corrected chi connectivity index (χ4v) is 1.62. The second-order valence-electron chi connectivity index (χ2n) is 4.10. The number of nitrogens with one attached hydrogen (secondary N) is 1. The number of hydrogen-bond donors (Lipinski definition) is 1. The molecule has 0 bridgehead atoms. The largest absolute Gasteiger partial charge is 0.322 e. The topological polar surface area (TPSA) is 52.9 Å². The summed E-state index contributed by atoms with van der Waals surface area (Å²) < 4.78 is 13.1. The van der Waals surface area contributed by atoms with Gasteiger partial charge in [0, 0.05) is 11.3 Å². The molecule has 2 rings (SSSR count). The highest BCUT2D eigenvalue weighted by Gasteiger charge is 2.08. The SMILES string of the molecule is Cc1ccc(F)cc1NC(=O)c1ccc(C#N)cc1. The maximum atomic E-state index is 13.1. The Balaban J connectivity index is 2.21. The molecule has 0 atom stereocenters. The number of rotatable bonds is 2. The summed E-state index contributed by atoms with van der Waals surface area (Å²) in [6.45, 7) is 1.79. The minimum atomic E-state index is -0.402. The predicted molar refractivity (Wildman–Crippen MR) is 70.2 cm³/mol. The summed E-state index contributed by atoms with van der Waals surface area (Å²) >= 11 is 0. The Hall–Kier alpha value is -2.67. The predicted octanol–water partition coefficient (Wildman–Crippen LogP) is 3.26. The lowest BCUT2D eigenvalue weighted by Gasteiger charge is -2.08. The number of aryl methyl sites for hydroxylation is 1. The van der Waals surface area contributed by atoms with Crippen LogP contribution in [0.5, 0.6) is 0 Å². The van der Waals surface area contributed by atoms with Gasteiger partial charge in [0.1, 0.15) is 5.82 Å². The highest BCUT2D eigenvalue weighted by atomic mass is 19.1. The Kier molecular flexibility index (Phi) is 3.58. The van der Waals surface area contributed by atoms with E-state index in [-0.39, 0.29) is 5.91 Å². The van der Waals surface area contributed by atoms with E-state index < -0.39 is 5.82 Å². The quantitative estimate of drug-likeness (QED) is 0.894. The van der Waals surface area contributed by atoms with Crippen LogP contribution in [-0.4, -0.2) is 5.91 Å². The zero-order valence-electron chi connectivity index (χ0n) is 10.3. The van der Waals surface area contributed by atoms with Crippen LogP contribution in [0.25, 0.3) is 0 Å². The van der Waals surface area contributed by atoms with E-state index in [0.717, 1.165) is 5.56 Å². The molecule has 3 nitrogen and oxygen atoms in total. The Bertz CT molecular complexity index is 657. The van der Waals surface area contributed by atoms with Gasteiger partial charge in [-0.15, -0.1) is 0 Å². The third-order valence-corrected chi connectivity index (χ3v) is 2.72. The molecule has 2 aromatic carbocycles. The number of carbonyl (C=O) groups excluding carboxylic acids is 1. The van der Waals surface area contributed by atoms with Crippen molar-refractivity contribution in [2.24, 2.45) is 0 Å². The van der Waals surface area contributed by atoms with E-state index in [1.807, 2.05) is 6.07 Å². The smallest absolute Gasteiger partial charge is 0.255 e. The molecule has 0 aliphatic heterocycles. The van der Waals surface area contributed by atoms with Crippen LogP contribution < -0.4 is 5.32 Å². The second-order valence-corrected chi connectivity index (χ2v) is 4.10. The van der Waals surface area contributed by atoms with E-state index in [4.69, 9.17) is 5.26 Å². The summed E-state index contributed by atoms with van der Waals surface area (Å²) in [5.74, 6) is -0.737. The molecule has 1 N–H and O–H groups in total. The molecular weight excluding hydrogens is 243 g/mol. The van der Waals surface area contributed by atoms with Crippen molar-refractivity contribution in [3.63, 3.8) is 0 Å². The molecule has 1 amide bonds. The Morgan fingerprint density at radius 2 is 1.89 bits per heavy atom. The lowest BCUT2D eigenvalue weighted by atomic mass is 10.1. The zero-order valence-corrected chi connectivity index (χ0v) is 10.3. The van der Waals surface area contributed by atoms with Gasteiger partial charge >= 0.3 is 0 Å². The van der Waals surface area contributed by atoms with E-state index in [1.54, 1.807) is 37.3 Å². The van der Waals surface area contributed by atoms with Crippen molar-refractivity contribution in [2.45, 2.75) is 6.92 Å². The number of carbonyl (C=O) groups is 1. The molecule has 2 aromatic rings. The molecule has 0 aliphatic carbocycles. The second kappa shape index (κ2) is 5.32. The van der Waals surface area contributed by atoms with Crippen LogP contribution in [0.1, 0.15) is 21.5 Å². The third kappa shape index (κ3) is 2.96. The number of halogens is 1. The summed E-state index contributed by atoms with van der Waals surface area (Å²) in [6.07, 6.45) is 0. The number of benzene rings is 2. The first-order valence-corrected chi connectivity index (χ1v) is 5.68. The molecule has 0 saturated heterocycles. The fourth-order valence-electron chi connectivity index (χ4n) is 1.62. The Labute approximate surface area is 110 Å². The van der Waals surface area contributed by atoms with E-state index in [0.29, 0.717) is 16.8 Å². The first-order chi connectivity index (χ1) is 9.10. The van der Waals surface area contributed by atoms with Crippen molar-refractivity contribution in [1.29, 1.82) is 5.26 Å². The summed E-state index contributed by atoms with van der Waals surface area (Å²) in [5, 5.41) is 11.3. The molecular formula is C15H11FN2O. The molecule has 4 heteroatoms. The molecule has 94 valence electrons. The van der Waals surface area contributed by atoms with Gasteiger partial charge in [0.25, 0.3) is 5.91 Å². The summed E-state index contributed by atoms with van der Waals surface area (Å²) in [4.78, 5) is 12.0. The Morgan fingerprint density at radius 1 is 1.21 bits per heavy atom. The van der Waals surface area contributed by atoms with Crippen LogP contribution in [0.4, 0.5) is 10.1 Å². The number of amides is 1. The normalized spacial score (nSPS) is 9.74. The molecule has 0 aromatic heterocycles. The molecule has 0 saturated carbocycles. The van der Waals surface area contributed by atoms with Gasteiger partial charge in [0.15, 0.2) is 0 Å². The minimum Gasteiger partial charge on any atom is -0.322 e. The average molecular weight is 254 g/mol. The van der Waals surface area contributed by atoms with E-state index in [9.17, 15) is 9.18 Å². The zero-order chi connectivity index (χ0) is 13.8. The first kappa shape index (κ1) is 12.8. The lowest BCUT2D eigenvalue weighted by Crippen LogP contribution is -2.12. The highest BCUT2D eigenvalue weighted by molar-refractivity contribution is 6.04.